The third-order valence-electron chi connectivity index (χ3n) is 5.29. The zero-order valence-electron chi connectivity index (χ0n) is 13.4. The van der Waals surface area contributed by atoms with Gasteiger partial charge in [-0.15, -0.1) is 0 Å². The van der Waals surface area contributed by atoms with E-state index in [1.54, 1.807) is 0 Å². The number of fused-ring (bicyclic) bond motifs is 2. The van der Waals surface area contributed by atoms with Crippen molar-refractivity contribution in [2.24, 2.45) is 5.92 Å². The van der Waals surface area contributed by atoms with Gasteiger partial charge < -0.3 is 14.7 Å². The number of aliphatic hydroxyl groups is 1. The molecule has 0 aromatic heterocycles. The van der Waals surface area contributed by atoms with Crippen LogP contribution in [0.25, 0.3) is 0 Å². The van der Waals surface area contributed by atoms with Crippen LogP contribution in [0.15, 0.2) is 30.3 Å². The second-order valence-corrected chi connectivity index (χ2v) is 7.00. The summed E-state index contributed by atoms with van der Waals surface area (Å²) < 4.78 is 5.48. The van der Waals surface area contributed by atoms with Crippen molar-refractivity contribution in [2.75, 3.05) is 0 Å². The molecule has 2 heterocycles. The molecule has 1 N–H and O–H groups in total. The number of piperidine rings is 1. The number of benzene rings is 1. The maximum atomic E-state index is 12.4. The van der Waals surface area contributed by atoms with Crippen molar-refractivity contribution < 1.29 is 14.6 Å². The molecule has 2 fully saturated rings. The summed E-state index contributed by atoms with van der Waals surface area (Å²) in [6.45, 7) is 4.43. The minimum absolute atomic E-state index is 0.120. The van der Waals surface area contributed by atoms with Gasteiger partial charge in [0.25, 0.3) is 0 Å². The fraction of sp³-hybridized carbons (Fsp3) is 0.611. The lowest BCUT2D eigenvalue weighted by molar-refractivity contribution is -0.0782. The van der Waals surface area contributed by atoms with E-state index < -0.39 is 5.60 Å². The van der Waals surface area contributed by atoms with E-state index in [4.69, 9.17) is 4.74 Å². The Morgan fingerprint density at radius 1 is 1.27 bits per heavy atom. The third kappa shape index (κ3) is 2.84. The molecule has 2 atom stereocenters. The van der Waals surface area contributed by atoms with Gasteiger partial charge in [-0.1, -0.05) is 44.2 Å². The topological polar surface area (TPSA) is 49.8 Å². The maximum Gasteiger partial charge on any atom is 0.410 e. The Morgan fingerprint density at radius 3 is 2.41 bits per heavy atom. The highest BCUT2D eigenvalue weighted by Gasteiger charge is 2.50. The van der Waals surface area contributed by atoms with E-state index in [2.05, 4.69) is 13.8 Å². The minimum Gasteiger partial charge on any atom is -0.445 e. The minimum atomic E-state index is -0.637. The predicted octanol–water partition coefficient (Wildman–Crippen LogP) is 3.34. The van der Waals surface area contributed by atoms with Gasteiger partial charge >= 0.3 is 6.09 Å². The quantitative estimate of drug-likeness (QED) is 0.931. The second-order valence-electron chi connectivity index (χ2n) is 7.00. The molecule has 0 spiro atoms. The molecular formula is C18H25NO3. The molecule has 2 bridgehead atoms. The molecule has 1 amide bonds. The Labute approximate surface area is 132 Å². The lowest BCUT2D eigenvalue weighted by atomic mass is 9.78. The lowest BCUT2D eigenvalue weighted by Gasteiger charge is -2.45. The van der Waals surface area contributed by atoms with Gasteiger partial charge in [0, 0.05) is 12.1 Å². The van der Waals surface area contributed by atoms with Crippen LogP contribution in [-0.4, -0.2) is 33.8 Å². The summed E-state index contributed by atoms with van der Waals surface area (Å²) in [5, 5.41) is 10.8. The summed E-state index contributed by atoms with van der Waals surface area (Å²) in [4.78, 5) is 14.3. The molecule has 120 valence electrons. The monoisotopic (exact) mass is 303 g/mol. The molecule has 2 unspecified atom stereocenters. The second kappa shape index (κ2) is 5.92. The summed E-state index contributed by atoms with van der Waals surface area (Å²) in [5.74, 6) is 0.220. The Morgan fingerprint density at radius 2 is 1.86 bits per heavy atom. The molecule has 2 aliphatic heterocycles. The number of hydrogen-bond donors (Lipinski definition) is 1. The average Bonchev–Trinajstić information content (AvgIpc) is 2.78. The zero-order chi connectivity index (χ0) is 15.7. The molecule has 3 rings (SSSR count). The van der Waals surface area contributed by atoms with E-state index in [-0.39, 0.29) is 24.1 Å². The van der Waals surface area contributed by atoms with Crippen molar-refractivity contribution >= 4 is 6.09 Å². The fourth-order valence-electron chi connectivity index (χ4n) is 3.82. The first-order valence-corrected chi connectivity index (χ1v) is 8.21. The number of nitrogens with zero attached hydrogens (tertiary/aromatic N) is 1. The molecule has 2 saturated heterocycles. The number of carbonyl (C=O) groups is 1. The van der Waals surface area contributed by atoms with Crippen LogP contribution in [0, 0.1) is 5.92 Å². The van der Waals surface area contributed by atoms with E-state index in [1.165, 1.54) is 0 Å². The summed E-state index contributed by atoms with van der Waals surface area (Å²) in [5.41, 5.74) is 0.362. The van der Waals surface area contributed by atoms with E-state index in [1.807, 2.05) is 35.2 Å². The van der Waals surface area contributed by atoms with Crippen molar-refractivity contribution in [1.82, 2.24) is 4.90 Å². The average molecular weight is 303 g/mol. The molecule has 0 saturated carbocycles. The largest absolute Gasteiger partial charge is 0.445 e. The van der Waals surface area contributed by atoms with E-state index >= 15 is 0 Å². The highest BCUT2D eigenvalue weighted by atomic mass is 16.6. The molecular weight excluding hydrogens is 278 g/mol. The first-order valence-electron chi connectivity index (χ1n) is 8.21. The normalized spacial score (nSPS) is 30.6. The van der Waals surface area contributed by atoms with Crippen molar-refractivity contribution in [1.29, 1.82) is 0 Å². The summed E-state index contributed by atoms with van der Waals surface area (Å²) in [6.07, 6.45) is 3.05. The molecule has 0 aliphatic carbocycles. The van der Waals surface area contributed by atoms with Crippen molar-refractivity contribution in [3.63, 3.8) is 0 Å². The Bertz CT molecular complexity index is 514. The number of carbonyl (C=O) groups excluding carboxylic acids is 1. The van der Waals surface area contributed by atoms with Crippen molar-refractivity contribution in [2.45, 2.75) is 63.8 Å². The molecule has 2 aliphatic rings. The smallest absolute Gasteiger partial charge is 0.410 e. The van der Waals surface area contributed by atoms with Gasteiger partial charge in [-0.05, 0) is 37.2 Å². The van der Waals surface area contributed by atoms with Gasteiger partial charge in [0.1, 0.15) is 6.61 Å². The third-order valence-corrected chi connectivity index (χ3v) is 5.29. The summed E-state index contributed by atoms with van der Waals surface area (Å²) in [6, 6.07) is 9.98. The van der Waals surface area contributed by atoms with E-state index in [0.717, 1.165) is 18.4 Å². The summed E-state index contributed by atoms with van der Waals surface area (Å²) >= 11 is 0. The van der Waals surface area contributed by atoms with Gasteiger partial charge in [0.15, 0.2) is 0 Å². The Balaban J connectivity index is 1.63. The van der Waals surface area contributed by atoms with Gasteiger partial charge in [-0.25, -0.2) is 4.79 Å². The van der Waals surface area contributed by atoms with Crippen LogP contribution in [0.1, 0.15) is 45.1 Å². The lowest BCUT2D eigenvalue weighted by Crippen LogP contribution is -2.55. The van der Waals surface area contributed by atoms with Crippen LogP contribution in [0.4, 0.5) is 4.79 Å². The molecule has 0 radical (unpaired) electrons. The summed E-state index contributed by atoms with van der Waals surface area (Å²) in [7, 11) is 0. The van der Waals surface area contributed by atoms with Gasteiger partial charge in [-0.3, -0.25) is 0 Å². The molecule has 1 aromatic carbocycles. The zero-order valence-corrected chi connectivity index (χ0v) is 13.4. The number of amides is 1. The van der Waals surface area contributed by atoms with Gasteiger partial charge in [0.2, 0.25) is 0 Å². The molecule has 4 heteroatoms. The maximum absolute atomic E-state index is 12.4. The predicted molar refractivity (Wildman–Crippen MR) is 84.3 cm³/mol. The van der Waals surface area contributed by atoms with Crippen molar-refractivity contribution in [3.8, 4) is 0 Å². The molecule has 1 aromatic rings. The van der Waals surface area contributed by atoms with Crippen LogP contribution in [-0.2, 0) is 11.3 Å². The molecule has 22 heavy (non-hydrogen) atoms. The van der Waals surface area contributed by atoms with E-state index in [0.29, 0.717) is 19.4 Å². The number of hydrogen-bond acceptors (Lipinski definition) is 3. The number of ether oxygens (including phenoxy) is 1. The van der Waals surface area contributed by atoms with Crippen LogP contribution in [0.5, 0.6) is 0 Å². The number of rotatable bonds is 3. The highest BCUT2D eigenvalue weighted by Crippen LogP contribution is 2.44. The van der Waals surface area contributed by atoms with Crippen LogP contribution >= 0.6 is 0 Å². The first-order chi connectivity index (χ1) is 10.5. The Hall–Kier alpha value is -1.55. The fourth-order valence-corrected chi connectivity index (χ4v) is 3.82. The van der Waals surface area contributed by atoms with Crippen LogP contribution in [0.2, 0.25) is 0 Å². The first kappa shape index (κ1) is 15.3. The van der Waals surface area contributed by atoms with Crippen LogP contribution in [0.3, 0.4) is 0 Å². The van der Waals surface area contributed by atoms with Crippen LogP contribution < -0.4 is 0 Å². The standard InChI is InChI=1S/C18H25NO3/c1-13(2)18(21)10-15-8-9-16(11-18)19(15)17(20)22-12-14-6-4-3-5-7-14/h3-7,13,15-16,21H,8-12H2,1-2H3. The Kier molecular flexibility index (Phi) is 4.13. The van der Waals surface area contributed by atoms with Gasteiger partial charge in [0.05, 0.1) is 5.60 Å². The highest BCUT2D eigenvalue weighted by molar-refractivity contribution is 5.69. The SMILES string of the molecule is CC(C)C1(O)CC2CCC(C1)N2C(=O)OCc1ccccc1. The van der Waals surface area contributed by atoms with Crippen molar-refractivity contribution in [3.05, 3.63) is 35.9 Å². The van der Waals surface area contributed by atoms with E-state index in [9.17, 15) is 9.90 Å². The van der Waals surface area contributed by atoms with Gasteiger partial charge in [-0.2, -0.15) is 0 Å². The molecule has 4 nitrogen and oxygen atoms in total.